The molecule has 0 radical (unpaired) electrons. The smallest absolute Gasteiger partial charge is 0.121 e. The van der Waals surface area contributed by atoms with E-state index in [1.165, 1.54) is 4.88 Å². The molecule has 0 bridgehead atoms. The molecule has 0 aliphatic rings. The molecular formula is C14H15BrClNOS. The van der Waals surface area contributed by atoms with Crippen LogP contribution in [-0.4, -0.2) is 12.1 Å². The maximum absolute atomic E-state index is 6.18. The molecule has 0 aliphatic heterocycles. The number of hydrogen-bond donors (Lipinski definition) is 1. The number of rotatable bonds is 5. The maximum atomic E-state index is 6.18. The highest BCUT2D eigenvalue weighted by molar-refractivity contribution is 9.11. The molecule has 19 heavy (non-hydrogen) atoms. The summed E-state index contributed by atoms with van der Waals surface area (Å²) in [5.74, 6) is 0.753. The molecule has 102 valence electrons. The normalized spacial score (nSPS) is 14.1. The summed E-state index contributed by atoms with van der Waals surface area (Å²) >= 11 is 11.1. The highest BCUT2D eigenvalue weighted by Crippen LogP contribution is 2.24. The Kier molecular flexibility index (Phi) is 5.28. The van der Waals surface area contributed by atoms with E-state index in [1.807, 2.05) is 31.2 Å². The Morgan fingerprint density at radius 1 is 1.37 bits per heavy atom. The zero-order valence-corrected chi connectivity index (χ0v) is 13.6. The second-order valence-corrected chi connectivity index (χ2v) is 7.34. The summed E-state index contributed by atoms with van der Waals surface area (Å²) in [4.78, 5) is 1.25. The maximum Gasteiger partial charge on any atom is 0.121 e. The minimum atomic E-state index is -0.0701. The Morgan fingerprint density at radius 3 is 2.79 bits per heavy atom. The Morgan fingerprint density at radius 2 is 2.16 bits per heavy atom. The van der Waals surface area contributed by atoms with Crippen LogP contribution in [0.25, 0.3) is 0 Å². The number of thiophene rings is 1. The van der Waals surface area contributed by atoms with E-state index < -0.39 is 0 Å². The van der Waals surface area contributed by atoms with Crippen molar-refractivity contribution in [3.05, 3.63) is 50.1 Å². The van der Waals surface area contributed by atoms with E-state index in [-0.39, 0.29) is 12.1 Å². The fourth-order valence-corrected chi connectivity index (χ4v) is 3.44. The van der Waals surface area contributed by atoms with Gasteiger partial charge in [-0.2, -0.15) is 0 Å². The van der Waals surface area contributed by atoms with Gasteiger partial charge in [-0.25, -0.2) is 0 Å². The highest BCUT2D eigenvalue weighted by Gasteiger charge is 2.16. The lowest BCUT2D eigenvalue weighted by atomic mass is 10.1. The van der Waals surface area contributed by atoms with Gasteiger partial charge in [-0.3, -0.25) is 0 Å². The van der Waals surface area contributed by atoms with Gasteiger partial charge >= 0.3 is 0 Å². The van der Waals surface area contributed by atoms with Crippen LogP contribution < -0.4 is 10.5 Å². The molecule has 1 aromatic carbocycles. The van der Waals surface area contributed by atoms with E-state index in [1.54, 1.807) is 17.4 Å². The van der Waals surface area contributed by atoms with Gasteiger partial charge in [0.15, 0.2) is 0 Å². The quantitative estimate of drug-likeness (QED) is 0.852. The fourth-order valence-electron chi connectivity index (χ4n) is 1.70. The first-order chi connectivity index (χ1) is 9.04. The first kappa shape index (κ1) is 14.9. The third-order valence-electron chi connectivity index (χ3n) is 2.79. The Labute approximate surface area is 130 Å². The van der Waals surface area contributed by atoms with Crippen molar-refractivity contribution in [3.63, 3.8) is 0 Å². The van der Waals surface area contributed by atoms with E-state index in [0.29, 0.717) is 5.02 Å². The standard InChI is InChI=1S/C14H15BrClNOS/c1-9(18-11-4-2-3-10(16)7-11)13(17)8-12-5-6-14(15)19-12/h2-7,9,13H,8,17H2,1H3. The predicted octanol–water partition coefficient (Wildman–Crippen LogP) is 4.50. The van der Waals surface area contributed by atoms with Crippen LogP contribution >= 0.6 is 38.9 Å². The molecule has 2 aromatic rings. The summed E-state index contributed by atoms with van der Waals surface area (Å²) in [6.45, 7) is 1.98. The molecular weight excluding hydrogens is 346 g/mol. The van der Waals surface area contributed by atoms with Gasteiger partial charge < -0.3 is 10.5 Å². The molecule has 2 N–H and O–H groups in total. The van der Waals surface area contributed by atoms with Crippen LogP contribution in [0, 0.1) is 0 Å². The van der Waals surface area contributed by atoms with Gasteiger partial charge in [-0.15, -0.1) is 11.3 Å². The zero-order valence-electron chi connectivity index (χ0n) is 10.5. The van der Waals surface area contributed by atoms with Gasteiger partial charge in [0.1, 0.15) is 11.9 Å². The van der Waals surface area contributed by atoms with Gasteiger partial charge in [0.2, 0.25) is 0 Å². The largest absolute Gasteiger partial charge is 0.489 e. The van der Waals surface area contributed by atoms with Crippen molar-refractivity contribution in [2.45, 2.75) is 25.5 Å². The number of benzene rings is 1. The summed E-state index contributed by atoms with van der Waals surface area (Å²) in [5, 5.41) is 0.667. The second kappa shape index (κ2) is 6.75. The topological polar surface area (TPSA) is 35.2 Å². The number of nitrogens with two attached hydrogens (primary N) is 1. The molecule has 0 fully saturated rings. The van der Waals surface area contributed by atoms with E-state index in [2.05, 4.69) is 22.0 Å². The minimum Gasteiger partial charge on any atom is -0.489 e. The highest BCUT2D eigenvalue weighted by atomic mass is 79.9. The number of hydrogen-bond acceptors (Lipinski definition) is 3. The van der Waals surface area contributed by atoms with Crippen LogP contribution in [0.15, 0.2) is 40.2 Å². The summed E-state index contributed by atoms with van der Waals surface area (Å²) in [6.07, 6.45) is 0.734. The van der Waals surface area contributed by atoms with Gasteiger partial charge in [0.05, 0.1) is 3.79 Å². The molecule has 0 saturated heterocycles. The average molecular weight is 361 g/mol. The van der Waals surface area contributed by atoms with Crippen molar-refractivity contribution in [2.75, 3.05) is 0 Å². The van der Waals surface area contributed by atoms with Gasteiger partial charge in [-0.1, -0.05) is 17.7 Å². The Bertz CT molecular complexity index is 546. The monoisotopic (exact) mass is 359 g/mol. The van der Waals surface area contributed by atoms with Crippen LogP contribution in [0.3, 0.4) is 0 Å². The molecule has 0 aliphatic carbocycles. The first-order valence-corrected chi connectivity index (χ1v) is 7.95. The van der Waals surface area contributed by atoms with Crippen LogP contribution in [0.5, 0.6) is 5.75 Å². The van der Waals surface area contributed by atoms with Crippen LogP contribution in [0.4, 0.5) is 0 Å². The number of halogens is 2. The van der Waals surface area contributed by atoms with Crippen molar-refractivity contribution in [1.29, 1.82) is 0 Å². The summed E-state index contributed by atoms with van der Waals surface area (Å²) in [6, 6.07) is 11.4. The van der Waals surface area contributed by atoms with Crippen molar-refractivity contribution < 1.29 is 4.74 Å². The third-order valence-corrected chi connectivity index (χ3v) is 4.67. The molecule has 1 aromatic heterocycles. The van der Waals surface area contributed by atoms with Crippen LogP contribution in [0.1, 0.15) is 11.8 Å². The predicted molar refractivity (Wildman–Crippen MR) is 85.2 cm³/mol. The lowest BCUT2D eigenvalue weighted by Gasteiger charge is -2.21. The van der Waals surface area contributed by atoms with E-state index in [4.69, 9.17) is 22.1 Å². The zero-order chi connectivity index (χ0) is 13.8. The van der Waals surface area contributed by atoms with Crippen molar-refractivity contribution in [1.82, 2.24) is 0 Å². The van der Waals surface area contributed by atoms with Crippen molar-refractivity contribution in [2.24, 2.45) is 5.73 Å². The SMILES string of the molecule is CC(Oc1cccc(Cl)c1)C(N)Cc1ccc(Br)s1. The van der Waals surface area contributed by atoms with Crippen LogP contribution in [0.2, 0.25) is 5.02 Å². The molecule has 0 spiro atoms. The van der Waals surface area contributed by atoms with Gasteiger partial charge in [0, 0.05) is 22.4 Å². The third kappa shape index (κ3) is 4.49. The molecule has 2 nitrogen and oxygen atoms in total. The lowest BCUT2D eigenvalue weighted by Crippen LogP contribution is -2.38. The van der Waals surface area contributed by atoms with Gasteiger partial charge in [0.25, 0.3) is 0 Å². The minimum absolute atomic E-state index is 0.0514. The van der Waals surface area contributed by atoms with Crippen molar-refractivity contribution in [3.8, 4) is 5.75 Å². The molecule has 2 unspecified atom stereocenters. The first-order valence-electron chi connectivity index (χ1n) is 5.96. The molecule has 0 saturated carbocycles. The Balaban J connectivity index is 1.93. The molecule has 1 heterocycles. The summed E-state index contributed by atoms with van der Waals surface area (Å²) in [5.41, 5.74) is 6.18. The van der Waals surface area contributed by atoms with Crippen molar-refractivity contribution >= 4 is 38.9 Å². The Hall–Kier alpha value is -0.550. The lowest BCUT2D eigenvalue weighted by molar-refractivity contribution is 0.189. The molecule has 5 heteroatoms. The summed E-state index contributed by atoms with van der Waals surface area (Å²) in [7, 11) is 0. The molecule has 2 rings (SSSR count). The molecule has 0 amide bonds. The van der Waals surface area contributed by atoms with Crippen LogP contribution in [-0.2, 0) is 6.42 Å². The van der Waals surface area contributed by atoms with Gasteiger partial charge in [-0.05, 0) is 53.2 Å². The fraction of sp³-hybridized carbons (Fsp3) is 0.286. The van der Waals surface area contributed by atoms with E-state index in [9.17, 15) is 0 Å². The average Bonchev–Trinajstić information content (AvgIpc) is 2.74. The summed E-state index contributed by atoms with van der Waals surface area (Å²) < 4.78 is 6.94. The number of ether oxygens (including phenoxy) is 1. The van der Waals surface area contributed by atoms with E-state index >= 15 is 0 Å². The molecule has 2 atom stereocenters. The van der Waals surface area contributed by atoms with E-state index in [0.717, 1.165) is 16.0 Å². The second-order valence-electron chi connectivity index (χ2n) is 4.35.